The number of carbonyl (C=O) groups is 1. The van der Waals surface area contributed by atoms with Crippen LogP contribution in [0.1, 0.15) is 22.7 Å². The first-order valence-electron chi connectivity index (χ1n) is 10.5. The average molecular weight is 509 g/mol. The zero-order valence-electron chi connectivity index (χ0n) is 18.1. The van der Waals surface area contributed by atoms with Crippen molar-refractivity contribution in [2.75, 3.05) is 23.3 Å². The van der Waals surface area contributed by atoms with Crippen molar-refractivity contribution in [1.29, 1.82) is 0 Å². The van der Waals surface area contributed by atoms with Gasteiger partial charge in [-0.15, -0.1) is 0 Å². The van der Waals surface area contributed by atoms with Crippen molar-refractivity contribution in [2.24, 2.45) is 5.92 Å². The van der Waals surface area contributed by atoms with Crippen LogP contribution in [-0.4, -0.2) is 48.8 Å². The Labute approximate surface area is 198 Å². The first kappa shape index (κ1) is 23.4. The Morgan fingerprint density at radius 3 is 2.72 bits per heavy atom. The summed E-state index contributed by atoms with van der Waals surface area (Å²) in [4.78, 5) is 24.1. The van der Waals surface area contributed by atoms with Crippen LogP contribution in [0.25, 0.3) is 11.0 Å². The lowest BCUT2D eigenvalue weighted by atomic mass is 10.1. The van der Waals surface area contributed by atoms with Crippen molar-refractivity contribution >= 4 is 34.5 Å². The van der Waals surface area contributed by atoms with Gasteiger partial charge in [0, 0.05) is 25.8 Å². The number of nitrogens with zero attached hydrogens (tertiary/aromatic N) is 6. The first-order chi connectivity index (χ1) is 17.1. The zero-order chi connectivity index (χ0) is 25.6. The number of hydrogen-bond donors (Lipinski definition) is 2. The van der Waals surface area contributed by atoms with Gasteiger partial charge < -0.3 is 24.4 Å². The second kappa shape index (κ2) is 8.73. The third-order valence-corrected chi connectivity index (χ3v) is 5.76. The van der Waals surface area contributed by atoms with Gasteiger partial charge >= 0.3 is 18.0 Å². The van der Waals surface area contributed by atoms with Crippen LogP contribution in [0.5, 0.6) is 0 Å². The highest BCUT2D eigenvalue weighted by atomic mass is 19.4. The summed E-state index contributed by atoms with van der Waals surface area (Å²) < 4.78 is 73.3. The van der Waals surface area contributed by atoms with Crippen LogP contribution in [0.4, 0.5) is 39.4 Å². The number of carboxylic acid groups (broad SMARTS) is 1. The summed E-state index contributed by atoms with van der Waals surface area (Å²) >= 11 is 0. The van der Waals surface area contributed by atoms with Gasteiger partial charge in [-0.25, -0.2) is 23.5 Å². The van der Waals surface area contributed by atoms with E-state index < -0.39 is 29.7 Å². The second-order valence-electron chi connectivity index (χ2n) is 8.17. The van der Waals surface area contributed by atoms with E-state index in [4.69, 9.17) is 5.11 Å². The molecular weight excluding hydrogens is 493 g/mol. The number of benzene rings is 1. The topological polar surface area (TPSA) is 122 Å². The molecule has 1 aliphatic rings. The second-order valence-corrected chi connectivity index (χ2v) is 8.17. The summed E-state index contributed by atoms with van der Waals surface area (Å²) in [6, 6.07) is 3.23. The lowest BCUT2D eigenvalue weighted by Gasteiger charge is -2.14. The largest absolute Gasteiger partial charge is 0.478 e. The standard InChI is InChI=1S/C21H16F5N7O3/c22-12-5-11(18(34)35)1-2-14(12)29-16-15-13(23)8-33(17(15)28-9-27-16)7-10-3-4-32(6-10)20-30-19(36-31-20)21(24,25)26/h1-2,5,8-10H,3-4,6-7H2,(H,34,35)(H,27,28,29)/t10-/m0/s1. The van der Waals surface area contributed by atoms with E-state index in [0.717, 1.165) is 6.07 Å². The Morgan fingerprint density at radius 1 is 1.22 bits per heavy atom. The minimum atomic E-state index is -4.74. The summed E-state index contributed by atoms with van der Waals surface area (Å²) in [6.07, 6.45) is -1.77. The molecule has 15 heteroatoms. The minimum absolute atomic E-state index is 0.00190. The molecule has 5 rings (SSSR count). The molecule has 4 heterocycles. The number of halogens is 5. The van der Waals surface area contributed by atoms with Crippen molar-refractivity contribution in [3.63, 3.8) is 0 Å². The quantitative estimate of drug-likeness (QED) is 0.370. The summed E-state index contributed by atoms with van der Waals surface area (Å²) in [5.74, 6) is -4.51. The zero-order valence-corrected chi connectivity index (χ0v) is 18.1. The molecule has 1 atom stereocenters. The summed E-state index contributed by atoms with van der Waals surface area (Å²) in [5.41, 5.74) is -0.119. The number of aromatic nitrogens is 5. The van der Waals surface area contributed by atoms with Gasteiger partial charge in [-0.05, 0) is 35.7 Å². The number of hydrogen-bond acceptors (Lipinski definition) is 8. The lowest BCUT2D eigenvalue weighted by molar-refractivity contribution is -0.159. The molecule has 188 valence electrons. The molecule has 0 unspecified atom stereocenters. The van der Waals surface area contributed by atoms with E-state index in [1.165, 1.54) is 24.7 Å². The van der Waals surface area contributed by atoms with Crippen molar-refractivity contribution < 1.29 is 36.4 Å². The smallest absolute Gasteiger partial charge is 0.471 e. The Bertz CT molecular complexity index is 1450. The van der Waals surface area contributed by atoms with Crippen LogP contribution in [0.3, 0.4) is 0 Å². The number of anilines is 3. The van der Waals surface area contributed by atoms with Gasteiger partial charge in [0.2, 0.25) is 0 Å². The molecule has 4 aromatic rings. The van der Waals surface area contributed by atoms with Crippen molar-refractivity contribution in [3.8, 4) is 0 Å². The van der Waals surface area contributed by atoms with E-state index >= 15 is 0 Å². The van der Waals surface area contributed by atoms with E-state index in [1.807, 2.05) is 0 Å². The Kier molecular flexibility index (Phi) is 5.68. The van der Waals surface area contributed by atoms with Crippen LogP contribution in [-0.2, 0) is 12.7 Å². The van der Waals surface area contributed by atoms with Crippen LogP contribution in [0.2, 0.25) is 0 Å². The molecule has 36 heavy (non-hydrogen) atoms. The van der Waals surface area contributed by atoms with Crippen molar-refractivity contribution in [3.05, 3.63) is 53.8 Å². The maximum atomic E-state index is 14.9. The van der Waals surface area contributed by atoms with E-state index in [1.54, 1.807) is 9.47 Å². The number of nitrogens with one attached hydrogen (secondary N) is 1. The third kappa shape index (κ3) is 4.38. The van der Waals surface area contributed by atoms with E-state index in [9.17, 15) is 26.7 Å². The van der Waals surface area contributed by atoms with Crippen molar-refractivity contribution in [1.82, 2.24) is 24.7 Å². The lowest BCUT2D eigenvalue weighted by Crippen LogP contribution is -2.22. The predicted octanol–water partition coefficient (Wildman–Crippen LogP) is 4.08. The molecule has 1 aromatic carbocycles. The minimum Gasteiger partial charge on any atom is -0.478 e. The third-order valence-electron chi connectivity index (χ3n) is 5.76. The van der Waals surface area contributed by atoms with Crippen molar-refractivity contribution in [2.45, 2.75) is 19.1 Å². The van der Waals surface area contributed by atoms with Gasteiger partial charge in [0.25, 0.3) is 5.95 Å². The highest BCUT2D eigenvalue weighted by molar-refractivity contribution is 5.91. The number of fused-ring (bicyclic) bond motifs is 1. The maximum absolute atomic E-state index is 14.9. The molecular formula is C21H16F5N7O3. The van der Waals surface area contributed by atoms with E-state index in [-0.39, 0.29) is 40.0 Å². The number of carboxylic acids is 1. The molecule has 0 amide bonds. The van der Waals surface area contributed by atoms with Crippen LogP contribution in [0, 0.1) is 17.6 Å². The fourth-order valence-corrected chi connectivity index (χ4v) is 4.09. The first-order valence-corrected chi connectivity index (χ1v) is 10.5. The highest BCUT2D eigenvalue weighted by Gasteiger charge is 2.39. The maximum Gasteiger partial charge on any atom is 0.471 e. The van der Waals surface area contributed by atoms with Crippen LogP contribution < -0.4 is 10.2 Å². The van der Waals surface area contributed by atoms with E-state index in [2.05, 4.69) is 29.9 Å². The molecule has 0 bridgehead atoms. The Hall–Kier alpha value is -4.30. The van der Waals surface area contributed by atoms with Gasteiger partial charge in [-0.1, -0.05) is 0 Å². The molecule has 1 aliphatic heterocycles. The Balaban J connectivity index is 1.35. The van der Waals surface area contributed by atoms with Gasteiger partial charge in [0.1, 0.15) is 23.6 Å². The summed E-state index contributed by atoms with van der Waals surface area (Å²) in [6.45, 7) is 0.991. The SMILES string of the molecule is O=C(O)c1ccc(Nc2ncnc3c2c(F)cn3C[C@H]2CCN(c3noc(C(F)(F)F)n3)C2)c(F)c1. The number of aromatic carboxylic acids is 1. The van der Waals surface area contributed by atoms with Gasteiger partial charge in [-0.3, -0.25) is 0 Å². The predicted molar refractivity (Wildman–Crippen MR) is 114 cm³/mol. The average Bonchev–Trinajstić information content (AvgIpc) is 3.55. The van der Waals surface area contributed by atoms with E-state index in [0.29, 0.717) is 26.1 Å². The van der Waals surface area contributed by atoms with Crippen LogP contribution >= 0.6 is 0 Å². The molecule has 10 nitrogen and oxygen atoms in total. The molecule has 0 spiro atoms. The monoisotopic (exact) mass is 509 g/mol. The number of alkyl halides is 3. The molecule has 0 radical (unpaired) electrons. The van der Waals surface area contributed by atoms with Gasteiger partial charge in [-0.2, -0.15) is 18.2 Å². The molecule has 3 aromatic heterocycles. The van der Waals surface area contributed by atoms with Gasteiger partial charge in [0.05, 0.1) is 16.6 Å². The normalized spacial score (nSPS) is 16.1. The molecule has 1 saturated heterocycles. The van der Waals surface area contributed by atoms with Crippen LogP contribution in [0.15, 0.2) is 35.2 Å². The molecule has 0 aliphatic carbocycles. The van der Waals surface area contributed by atoms with Gasteiger partial charge in [0.15, 0.2) is 5.82 Å². The fourth-order valence-electron chi connectivity index (χ4n) is 4.09. The number of rotatable bonds is 6. The summed E-state index contributed by atoms with van der Waals surface area (Å²) in [7, 11) is 0. The fraction of sp³-hybridized carbons (Fsp3) is 0.286. The Morgan fingerprint density at radius 2 is 2.03 bits per heavy atom. The molecule has 0 saturated carbocycles. The highest BCUT2D eigenvalue weighted by Crippen LogP contribution is 2.32. The summed E-state index contributed by atoms with van der Waals surface area (Å²) in [5, 5.41) is 15.1. The molecule has 1 fully saturated rings. The molecule has 2 N–H and O–H groups in total.